The van der Waals surface area contributed by atoms with Gasteiger partial charge < -0.3 is 15.3 Å². The van der Waals surface area contributed by atoms with E-state index in [1.165, 1.54) is 11.1 Å². The fourth-order valence-corrected chi connectivity index (χ4v) is 4.98. The van der Waals surface area contributed by atoms with Crippen LogP contribution in [0.2, 0.25) is 0 Å². The zero-order valence-corrected chi connectivity index (χ0v) is 15.9. The lowest BCUT2D eigenvalue weighted by atomic mass is 9.91. The number of likely N-dealkylation sites (tertiary alicyclic amines) is 1. The first-order chi connectivity index (χ1) is 12.9. The van der Waals surface area contributed by atoms with Crippen molar-refractivity contribution in [2.24, 2.45) is 11.8 Å². The summed E-state index contributed by atoms with van der Waals surface area (Å²) in [7, 11) is 0. The van der Waals surface area contributed by atoms with Gasteiger partial charge in [-0.1, -0.05) is 42.0 Å². The Hall–Kier alpha value is -1.88. The Kier molecular flexibility index (Phi) is 4.97. The Balaban J connectivity index is 1.32. The Morgan fingerprint density at radius 2 is 1.59 bits per heavy atom. The largest absolute Gasteiger partial charge is 0.508 e. The van der Waals surface area contributed by atoms with E-state index in [-0.39, 0.29) is 5.75 Å². The molecule has 27 heavy (non-hydrogen) atoms. The maximum Gasteiger partial charge on any atom is 0.115 e. The van der Waals surface area contributed by atoms with Crippen LogP contribution in [0.3, 0.4) is 0 Å². The molecule has 0 radical (unpaired) electrons. The van der Waals surface area contributed by atoms with E-state index in [1.54, 1.807) is 24.3 Å². The third kappa shape index (κ3) is 4.18. The molecule has 1 saturated carbocycles. The van der Waals surface area contributed by atoms with Crippen LogP contribution in [0.1, 0.15) is 35.6 Å². The van der Waals surface area contributed by atoms with Crippen molar-refractivity contribution < 1.29 is 15.3 Å². The molecule has 0 aromatic heterocycles. The molecule has 1 aliphatic heterocycles. The minimum atomic E-state index is -0.591. The zero-order chi connectivity index (χ0) is 19.0. The number of phenolic OH excluding ortho intramolecular Hbond substituents is 1. The molecule has 4 nitrogen and oxygen atoms in total. The first-order valence-electron chi connectivity index (χ1n) is 9.87. The Bertz CT molecular complexity index is 757. The van der Waals surface area contributed by atoms with Gasteiger partial charge in [0.2, 0.25) is 0 Å². The van der Waals surface area contributed by atoms with Gasteiger partial charge in [-0.3, -0.25) is 4.90 Å². The number of nitrogens with zero attached hydrogens (tertiary/aromatic N) is 1. The maximum absolute atomic E-state index is 11.1. The smallest absolute Gasteiger partial charge is 0.115 e. The van der Waals surface area contributed by atoms with Crippen molar-refractivity contribution in [3.8, 4) is 5.75 Å². The van der Waals surface area contributed by atoms with Gasteiger partial charge >= 0.3 is 0 Å². The number of aliphatic hydroxyl groups is 2. The summed E-state index contributed by atoms with van der Waals surface area (Å²) in [6.07, 6.45) is 1.88. The number of phenols is 1. The quantitative estimate of drug-likeness (QED) is 0.760. The van der Waals surface area contributed by atoms with Crippen LogP contribution >= 0.6 is 0 Å². The summed E-state index contributed by atoms with van der Waals surface area (Å²) < 4.78 is 0. The lowest BCUT2D eigenvalue weighted by Crippen LogP contribution is -2.33. The Morgan fingerprint density at radius 1 is 1.00 bits per heavy atom. The summed E-state index contributed by atoms with van der Waals surface area (Å²) in [6.45, 7) is 4.57. The predicted octanol–water partition coefficient (Wildman–Crippen LogP) is 3.05. The molecular weight excluding hydrogens is 338 g/mol. The van der Waals surface area contributed by atoms with E-state index < -0.39 is 11.7 Å². The van der Waals surface area contributed by atoms with Crippen molar-refractivity contribution in [2.75, 3.05) is 19.6 Å². The van der Waals surface area contributed by atoms with E-state index in [2.05, 4.69) is 36.1 Å². The summed E-state index contributed by atoms with van der Waals surface area (Å²) in [4.78, 5) is 2.32. The molecule has 3 N–H and O–H groups in total. The van der Waals surface area contributed by atoms with Gasteiger partial charge in [0, 0.05) is 26.1 Å². The molecule has 0 amide bonds. The number of aromatic hydroxyl groups is 1. The highest BCUT2D eigenvalue weighted by Gasteiger charge is 2.48. The maximum atomic E-state index is 11.1. The topological polar surface area (TPSA) is 63.9 Å². The molecule has 0 bridgehead atoms. The molecule has 1 heterocycles. The number of aryl methyl sites for hydroxylation is 1. The van der Waals surface area contributed by atoms with Gasteiger partial charge in [0.05, 0.1) is 11.7 Å². The summed E-state index contributed by atoms with van der Waals surface area (Å²) in [6, 6.07) is 15.3. The summed E-state index contributed by atoms with van der Waals surface area (Å²) >= 11 is 0. The second-order valence-corrected chi connectivity index (χ2v) is 8.64. The summed E-state index contributed by atoms with van der Waals surface area (Å²) in [5.74, 6) is 1.23. The first kappa shape index (κ1) is 18.5. The van der Waals surface area contributed by atoms with Gasteiger partial charge in [-0.05, 0) is 54.9 Å². The standard InChI is InChI=1S/C23H29NO3/c1-16-2-4-17(5-3-16)10-23(27)11-19-13-24(14-20(19)12-23)15-22(26)18-6-8-21(25)9-7-18/h2-9,19-20,22,25-27H,10-15H2,1H3. The van der Waals surface area contributed by atoms with E-state index in [1.807, 2.05) is 0 Å². The molecule has 1 aliphatic carbocycles. The number of β-amino-alcohol motifs (C(OH)–C–C–N with tert-alkyl or cyclic N) is 1. The van der Waals surface area contributed by atoms with Gasteiger partial charge in [-0.15, -0.1) is 0 Å². The van der Waals surface area contributed by atoms with E-state index in [0.717, 1.165) is 37.9 Å². The SMILES string of the molecule is Cc1ccc(CC2(O)CC3CN(CC(O)c4ccc(O)cc4)CC3C2)cc1. The van der Waals surface area contributed by atoms with E-state index in [9.17, 15) is 15.3 Å². The molecular formula is C23H29NO3. The van der Waals surface area contributed by atoms with Crippen LogP contribution in [0, 0.1) is 18.8 Å². The van der Waals surface area contributed by atoms with Crippen LogP contribution < -0.4 is 0 Å². The zero-order valence-electron chi connectivity index (χ0n) is 15.9. The number of benzene rings is 2. The van der Waals surface area contributed by atoms with Gasteiger partial charge in [0.25, 0.3) is 0 Å². The van der Waals surface area contributed by atoms with Gasteiger partial charge in [-0.25, -0.2) is 0 Å². The van der Waals surface area contributed by atoms with Crippen molar-refractivity contribution in [1.82, 2.24) is 4.90 Å². The van der Waals surface area contributed by atoms with Crippen molar-refractivity contribution in [2.45, 2.75) is 37.9 Å². The molecule has 2 aliphatic rings. The molecule has 2 aromatic carbocycles. The third-order valence-electron chi connectivity index (χ3n) is 6.30. The third-order valence-corrected chi connectivity index (χ3v) is 6.30. The van der Waals surface area contributed by atoms with Crippen LogP contribution in [-0.2, 0) is 6.42 Å². The molecule has 2 fully saturated rings. The summed E-state index contributed by atoms with van der Waals surface area (Å²) in [5, 5.41) is 31.0. The van der Waals surface area contributed by atoms with E-state index >= 15 is 0 Å². The van der Waals surface area contributed by atoms with Crippen LogP contribution in [0.25, 0.3) is 0 Å². The van der Waals surface area contributed by atoms with Crippen LogP contribution in [0.15, 0.2) is 48.5 Å². The monoisotopic (exact) mass is 367 g/mol. The van der Waals surface area contributed by atoms with Crippen LogP contribution in [0.4, 0.5) is 0 Å². The van der Waals surface area contributed by atoms with Crippen molar-refractivity contribution in [1.29, 1.82) is 0 Å². The highest BCUT2D eigenvalue weighted by atomic mass is 16.3. The minimum absolute atomic E-state index is 0.217. The minimum Gasteiger partial charge on any atom is -0.508 e. The average Bonchev–Trinajstić information content (AvgIpc) is 3.11. The molecule has 3 unspecified atom stereocenters. The Labute approximate surface area is 161 Å². The molecule has 4 heteroatoms. The van der Waals surface area contributed by atoms with Gasteiger partial charge in [-0.2, -0.15) is 0 Å². The number of rotatable bonds is 5. The molecule has 1 saturated heterocycles. The second-order valence-electron chi connectivity index (χ2n) is 8.64. The van der Waals surface area contributed by atoms with E-state index in [0.29, 0.717) is 18.4 Å². The molecule has 4 rings (SSSR count). The fraction of sp³-hybridized carbons (Fsp3) is 0.478. The number of aliphatic hydroxyl groups excluding tert-OH is 1. The lowest BCUT2D eigenvalue weighted by Gasteiger charge is -2.27. The first-order valence-corrected chi connectivity index (χ1v) is 9.87. The predicted molar refractivity (Wildman–Crippen MR) is 106 cm³/mol. The van der Waals surface area contributed by atoms with Crippen molar-refractivity contribution >= 4 is 0 Å². The van der Waals surface area contributed by atoms with Crippen LogP contribution in [-0.4, -0.2) is 45.5 Å². The average molecular weight is 367 g/mol. The van der Waals surface area contributed by atoms with E-state index in [4.69, 9.17) is 0 Å². The normalized spacial score (nSPS) is 29.0. The lowest BCUT2D eigenvalue weighted by molar-refractivity contribution is 0.0328. The molecule has 0 spiro atoms. The van der Waals surface area contributed by atoms with Crippen LogP contribution in [0.5, 0.6) is 5.75 Å². The molecule has 2 aromatic rings. The second kappa shape index (κ2) is 7.27. The number of fused-ring (bicyclic) bond motifs is 1. The molecule has 144 valence electrons. The van der Waals surface area contributed by atoms with Crippen molar-refractivity contribution in [3.05, 3.63) is 65.2 Å². The van der Waals surface area contributed by atoms with Gasteiger partial charge in [0.15, 0.2) is 0 Å². The Morgan fingerprint density at radius 3 is 2.19 bits per heavy atom. The molecule has 3 atom stereocenters. The summed E-state index contributed by atoms with van der Waals surface area (Å²) in [5.41, 5.74) is 2.70. The number of hydrogen-bond donors (Lipinski definition) is 3. The number of hydrogen-bond acceptors (Lipinski definition) is 4. The van der Waals surface area contributed by atoms with Gasteiger partial charge in [0.1, 0.15) is 5.75 Å². The van der Waals surface area contributed by atoms with Crippen molar-refractivity contribution in [3.63, 3.8) is 0 Å². The highest BCUT2D eigenvalue weighted by Crippen LogP contribution is 2.45. The highest BCUT2D eigenvalue weighted by molar-refractivity contribution is 5.27. The fourth-order valence-electron chi connectivity index (χ4n) is 4.98.